The topological polar surface area (TPSA) is 29.5 Å². The summed E-state index contributed by atoms with van der Waals surface area (Å²) in [6, 6.07) is 0.337. The third-order valence-electron chi connectivity index (χ3n) is 2.71. The van der Waals surface area contributed by atoms with Crippen LogP contribution >= 0.6 is 22.6 Å². The Balaban J connectivity index is 2.64. The number of carbonyl (C=O) groups is 1. The highest BCUT2D eigenvalue weighted by Gasteiger charge is 2.32. The summed E-state index contributed by atoms with van der Waals surface area (Å²) in [5.41, 5.74) is -0.395. The number of alkyl halides is 1. The van der Waals surface area contributed by atoms with Crippen LogP contribution in [0.3, 0.4) is 0 Å². The number of hydrogen-bond acceptors (Lipinski definition) is 2. The molecule has 0 radical (unpaired) electrons. The molecule has 1 aliphatic heterocycles. The zero-order chi connectivity index (χ0) is 12.3. The van der Waals surface area contributed by atoms with E-state index in [9.17, 15) is 4.79 Å². The van der Waals surface area contributed by atoms with Gasteiger partial charge in [-0.25, -0.2) is 4.79 Å². The Kier molecular flexibility index (Phi) is 4.88. The van der Waals surface area contributed by atoms with Crippen molar-refractivity contribution in [2.24, 2.45) is 0 Å². The van der Waals surface area contributed by atoms with Crippen LogP contribution in [0.4, 0.5) is 4.79 Å². The highest BCUT2D eigenvalue weighted by molar-refractivity contribution is 14.1. The Morgan fingerprint density at radius 2 is 2.06 bits per heavy atom. The second-order valence-electron chi connectivity index (χ2n) is 5.41. The first kappa shape index (κ1) is 14.1. The molecule has 0 aromatic rings. The van der Waals surface area contributed by atoms with E-state index in [4.69, 9.17) is 4.74 Å². The molecule has 1 saturated heterocycles. The number of ether oxygens (including phenoxy) is 1. The van der Waals surface area contributed by atoms with Crippen LogP contribution in [0, 0.1) is 0 Å². The van der Waals surface area contributed by atoms with Crippen molar-refractivity contribution < 1.29 is 9.53 Å². The van der Waals surface area contributed by atoms with Gasteiger partial charge in [0.15, 0.2) is 0 Å². The Morgan fingerprint density at radius 3 is 2.56 bits per heavy atom. The molecule has 16 heavy (non-hydrogen) atoms. The van der Waals surface area contributed by atoms with E-state index in [0.717, 1.165) is 19.4 Å². The van der Waals surface area contributed by atoms with Crippen molar-refractivity contribution in [3.63, 3.8) is 0 Å². The number of carbonyl (C=O) groups excluding carboxylic acids is 1. The summed E-state index contributed by atoms with van der Waals surface area (Å²) in [5.74, 6) is 0. The van der Waals surface area contributed by atoms with Crippen molar-refractivity contribution >= 4 is 28.7 Å². The van der Waals surface area contributed by atoms with Crippen molar-refractivity contribution in [1.82, 2.24) is 4.90 Å². The molecule has 1 rings (SSSR count). The normalized spacial score (nSPS) is 24.1. The Hall–Kier alpha value is 0. The quantitative estimate of drug-likeness (QED) is 0.540. The number of halogens is 1. The summed E-state index contributed by atoms with van der Waals surface area (Å²) in [6.45, 7) is 8.74. The van der Waals surface area contributed by atoms with Gasteiger partial charge in [0, 0.05) is 16.5 Å². The number of amides is 1. The third-order valence-corrected chi connectivity index (χ3v) is 3.54. The van der Waals surface area contributed by atoms with Gasteiger partial charge >= 0.3 is 6.09 Å². The van der Waals surface area contributed by atoms with Gasteiger partial charge in [-0.15, -0.1) is 0 Å². The molecule has 0 saturated carbocycles. The standard InChI is InChI=1S/C12H22INO2/c1-9(13)10-7-5-6-8-14(10)11(15)16-12(2,3)4/h9-10H,5-8H2,1-4H3/t9-,10+/m0/s1. The van der Waals surface area contributed by atoms with Gasteiger partial charge in [-0.2, -0.15) is 0 Å². The van der Waals surface area contributed by atoms with Crippen LogP contribution in [-0.2, 0) is 4.74 Å². The Morgan fingerprint density at radius 1 is 1.44 bits per heavy atom. The maximum Gasteiger partial charge on any atom is 0.410 e. The summed E-state index contributed by atoms with van der Waals surface area (Å²) in [4.78, 5) is 13.9. The van der Waals surface area contributed by atoms with E-state index in [0.29, 0.717) is 9.97 Å². The molecule has 2 atom stereocenters. The first-order valence-corrected chi connectivity index (χ1v) is 7.19. The zero-order valence-corrected chi connectivity index (χ0v) is 12.8. The van der Waals surface area contributed by atoms with E-state index >= 15 is 0 Å². The monoisotopic (exact) mass is 339 g/mol. The average Bonchev–Trinajstić information content (AvgIpc) is 2.15. The van der Waals surface area contributed by atoms with Crippen LogP contribution in [0.2, 0.25) is 0 Å². The van der Waals surface area contributed by atoms with E-state index in [2.05, 4.69) is 29.5 Å². The van der Waals surface area contributed by atoms with E-state index in [1.165, 1.54) is 6.42 Å². The Labute approximate surface area is 112 Å². The average molecular weight is 339 g/mol. The van der Waals surface area contributed by atoms with Gasteiger partial charge in [-0.1, -0.05) is 29.5 Å². The lowest BCUT2D eigenvalue weighted by Crippen LogP contribution is -2.49. The highest BCUT2D eigenvalue weighted by atomic mass is 127. The van der Waals surface area contributed by atoms with Crippen molar-refractivity contribution in [2.75, 3.05) is 6.54 Å². The summed E-state index contributed by atoms with van der Waals surface area (Å²) < 4.78 is 5.92. The van der Waals surface area contributed by atoms with Crippen LogP contribution in [0.5, 0.6) is 0 Å². The molecule has 94 valence electrons. The molecule has 0 aromatic carbocycles. The van der Waals surface area contributed by atoms with Crippen LogP contribution in [0.25, 0.3) is 0 Å². The fourth-order valence-electron chi connectivity index (χ4n) is 1.98. The van der Waals surface area contributed by atoms with Gasteiger partial charge in [0.1, 0.15) is 5.60 Å². The SMILES string of the molecule is C[C@H](I)[C@H]1CCCCN1C(=O)OC(C)(C)C. The molecule has 3 nitrogen and oxygen atoms in total. The van der Waals surface area contributed by atoms with Crippen molar-refractivity contribution in [2.45, 2.75) is 62.5 Å². The van der Waals surface area contributed by atoms with E-state index in [1.54, 1.807) is 0 Å². The maximum atomic E-state index is 12.0. The van der Waals surface area contributed by atoms with Crippen LogP contribution < -0.4 is 0 Å². The summed E-state index contributed by atoms with van der Waals surface area (Å²) in [5, 5.41) is 0. The molecule has 0 aromatic heterocycles. The zero-order valence-electron chi connectivity index (χ0n) is 10.6. The van der Waals surface area contributed by atoms with Gasteiger partial charge in [0.05, 0.1) is 0 Å². The molecule has 1 aliphatic rings. The van der Waals surface area contributed by atoms with Gasteiger partial charge in [0.2, 0.25) is 0 Å². The van der Waals surface area contributed by atoms with Crippen molar-refractivity contribution in [3.8, 4) is 0 Å². The molecule has 0 aliphatic carbocycles. The first-order chi connectivity index (χ1) is 7.31. The number of hydrogen-bond donors (Lipinski definition) is 0. The molecule has 4 heteroatoms. The number of piperidine rings is 1. The largest absolute Gasteiger partial charge is 0.444 e. The first-order valence-electron chi connectivity index (χ1n) is 5.95. The van der Waals surface area contributed by atoms with Gasteiger partial charge < -0.3 is 9.64 Å². The molecule has 0 unspecified atom stereocenters. The van der Waals surface area contributed by atoms with Gasteiger partial charge in [-0.05, 0) is 40.0 Å². The van der Waals surface area contributed by atoms with Gasteiger partial charge in [-0.3, -0.25) is 0 Å². The van der Waals surface area contributed by atoms with Crippen LogP contribution in [0.15, 0.2) is 0 Å². The van der Waals surface area contributed by atoms with E-state index in [1.807, 2.05) is 25.7 Å². The number of nitrogens with zero attached hydrogens (tertiary/aromatic N) is 1. The second kappa shape index (κ2) is 5.56. The third kappa shape index (κ3) is 4.11. The molecular formula is C12H22INO2. The highest BCUT2D eigenvalue weighted by Crippen LogP contribution is 2.25. The minimum atomic E-state index is -0.395. The van der Waals surface area contributed by atoms with Crippen LogP contribution in [0.1, 0.15) is 47.0 Å². The molecule has 0 bridgehead atoms. The molecule has 0 spiro atoms. The number of rotatable bonds is 1. The van der Waals surface area contributed by atoms with Crippen molar-refractivity contribution in [3.05, 3.63) is 0 Å². The van der Waals surface area contributed by atoms with Crippen molar-refractivity contribution in [1.29, 1.82) is 0 Å². The maximum absolute atomic E-state index is 12.0. The molecule has 1 fully saturated rings. The van der Waals surface area contributed by atoms with E-state index < -0.39 is 5.60 Å². The summed E-state index contributed by atoms with van der Waals surface area (Å²) >= 11 is 2.40. The molecule has 1 heterocycles. The minimum absolute atomic E-state index is 0.152. The lowest BCUT2D eigenvalue weighted by Gasteiger charge is -2.38. The smallest absolute Gasteiger partial charge is 0.410 e. The molecular weight excluding hydrogens is 317 g/mol. The predicted molar refractivity (Wildman–Crippen MR) is 74.1 cm³/mol. The lowest BCUT2D eigenvalue weighted by atomic mass is 10.0. The lowest BCUT2D eigenvalue weighted by molar-refractivity contribution is 0.0106. The Bertz CT molecular complexity index is 248. The molecule has 1 amide bonds. The summed E-state index contributed by atoms with van der Waals surface area (Å²) in [7, 11) is 0. The molecule has 0 N–H and O–H groups in total. The fourth-order valence-corrected chi connectivity index (χ4v) is 2.73. The minimum Gasteiger partial charge on any atom is -0.444 e. The van der Waals surface area contributed by atoms with E-state index in [-0.39, 0.29) is 6.09 Å². The fraction of sp³-hybridized carbons (Fsp3) is 0.917. The summed E-state index contributed by atoms with van der Waals surface area (Å²) in [6.07, 6.45) is 3.26. The number of likely N-dealkylation sites (tertiary alicyclic amines) is 1. The van der Waals surface area contributed by atoms with Gasteiger partial charge in [0.25, 0.3) is 0 Å². The van der Waals surface area contributed by atoms with Crippen LogP contribution in [-0.4, -0.2) is 33.1 Å². The predicted octanol–water partition coefficient (Wildman–Crippen LogP) is 3.60. The second-order valence-corrected chi connectivity index (χ2v) is 7.38.